The Morgan fingerprint density at radius 1 is 1.18 bits per heavy atom. The molecule has 1 heterocycles. The van der Waals surface area contributed by atoms with Gasteiger partial charge in [0.25, 0.3) is 0 Å². The highest BCUT2D eigenvalue weighted by atomic mass is 15.2. The highest BCUT2D eigenvalue weighted by Crippen LogP contribution is 2.07. The molecule has 0 aromatic carbocycles. The van der Waals surface area contributed by atoms with Gasteiger partial charge < -0.3 is 5.32 Å². The van der Waals surface area contributed by atoms with Crippen molar-refractivity contribution in [2.24, 2.45) is 0 Å². The molecule has 0 aromatic rings. The fourth-order valence-corrected chi connectivity index (χ4v) is 1.79. The molecule has 0 bridgehead atoms. The van der Waals surface area contributed by atoms with Crippen LogP contribution in [0, 0.1) is 0 Å². The van der Waals surface area contributed by atoms with Crippen molar-refractivity contribution in [3.8, 4) is 0 Å². The molecule has 1 N–H and O–H groups in total. The lowest BCUT2D eigenvalue weighted by molar-refractivity contribution is 0.139. The standard InChI is InChI=1S/C9H20N2/c1-7(2)11-5-8(3)10-9(4)6-11/h7-10H,5-6H2,1-4H3/t8-,9?/m1/s1. The van der Waals surface area contributed by atoms with Crippen molar-refractivity contribution < 1.29 is 0 Å². The minimum absolute atomic E-state index is 0.654. The maximum absolute atomic E-state index is 3.52. The smallest absolute Gasteiger partial charge is 0.0169 e. The summed E-state index contributed by atoms with van der Waals surface area (Å²) in [7, 11) is 0. The molecule has 66 valence electrons. The molecular formula is C9H20N2. The second-order valence-electron chi connectivity index (χ2n) is 4.02. The van der Waals surface area contributed by atoms with Gasteiger partial charge in [0.15, 0.2) is 0 Å². The fraction of sp³-hybridized carbons (Fsp3) is 1.00. The molecule has 2 atom stereocenters. The first-order chi connectivity index (χ1) is 5.09. The van der Waals surface area contributed by atoms with Gasteiger partial charge in [-0.3, -0.25) is 4.90 Å². The van der Waals surface area contributed by atoms with Gasteiger partial charge in [-0.2, -0.15) is 0 Å². The zero-order valence-corrected chi connectivity index (χ0v) is 8.09. The number of hydrogen-bond donors (Lipinski definition) is 1. The average Bonchev–Trinajstić information content (AvgIpc) is 1.85. The van der Waals surface area contributed by atoms with Crippen LogP contribution in [-0.2, 0) is 0 Å². The van der Waals surface area contributed by atoms with E-state index in [4.69, 9.17) is 0 Å². The largest absolute Gasteiger partial charge is 0.309 e. The van der Waals surface area contributed by atoms with Crippen molar-refractivity contribution >= 4 is 0 Å². The number of hydrogen-bond acceptors (Lipinski definition) is 2. The molecule has 0 spiro atoms. The Balaban J connectivity index is 2.43. The van der Waals surface area contributed by atoms with Gasteiger partial charge in [0.1, 0.15) is 0 Å². The van der Waals surface area contributed by atoms with Crippen molar-refractivity contribution in [3.05, 3.63) is 0 Å². The third-order valence-corrected chi connectivity index (χ3v) is 2.32. The molecule has 1 aliphatic rings. The summed E-state index contributed by atoms with van der Waals surface area (Å²) in [6.07, 6.45) is 0. The molecule has 1 saturated heterocycles. The van der Waals surface area contributed by atoms with Crippen LogP contribution in [0.3, 0.4) is 0 Å². The lowest BCUT2D eigenvalue weighted by Crippen LogP contribution is -2.55. The van der Waals surface area contributed by atoms with Gasteiger partial charge in [0.2, 0.25) is 0 Å². The topological polar surface area (TPSA) is 15.3 Å². The molecule has 0 aromatic heterocycles. The Bertz CT molecular complexity index is 113. The first-order valence-corrected chi connectivity index (χ1v) is 4.59. The molecule has 0 radical (unpaired) electrons. The van der Waals surface area contributed by atoms with Gasteiger partial charge in [-0.05, 0) is 27.7 Å². The monoisotopic (exact) mass is 156 g/mol. The van der Waals surface area contributed by atoms with Crippen LogP contribution in [0.4, 0.5) is 0 Å². The van der Waals surface area contributed by atoms with Crippen molar-refractivity contribution in [1.82, 2.24) is 10.2 Å². The Kier molecular flexibility index (Phi) is 2.90. The quantitative estimate of drug-likeness (QED) is 0.611. The summed E-state index contributed by atoms with van der Waals surface area (Å²) in [4.78, 5) is 2.53. The van der Waals surface area contributed by atoms with Crippen LogP contribution >= 0.6 is 0 Å². The number of nitrogens with one attached hydrogen (secondary N) is 1. The number of rotatable bonds is 1. The molecule has 1 rings (SSSR count). The van der Waals surface area contributed by atoms with E-state index in [9.17, 15) is 0 Å². The summed E-state index contributed by atoms with van der Waals surface area (Å²) in [6.45, 7) is 11.4. The zero-order valence-electron chi connectivity index (χ0n) is 8.09. The van der Waals surface area contributed by atoms with Crippen LogP contribution in [0.5, 0.6) is 0 Å². The molecule has 0 aliphatic carbocycles. The van der Waals surface area contributed by atoms with Crippen LogP contribution in [0.1, 0.15) is 27.7 Å². The number of piperazine rings is 1. The lowest BCUT2D eigenvalue weighted by atomic mass is 10.1. The van der Waals surface area contributed by atoms with Crippen molar-refractivity contribution in [2.45, 2.75) is 45.8 Å². The van der Waals surface area contributed by atoms with Crippen LogP contribution in [-0.4, -0.2) is 36.1 Å². The van der Waals surface area contributed by atoms with Gasteiger partial charge >= 0.3 is 0 Å². The van der Waals surface area contributed by atoms with Gasteiger partial charge in [-0.1, -0.05) is 0 Å². The van der Waals surface area contributed by atoms with Gasteiger partial charge in [0, 0.05) is 31.2 Å². The summed E-state index contributed by atoms with van der Waals surface area (Å²) in [6, 6.07) is 2.00. The molecule has 2 nitrogen and oxygen atoms in total. The minimum atomic E-state index is 0.654. The SMILES string of the molecule is CC1CN(C(C)C)C[C@@H](C)N1. The second kappa shape index (κ2) is 3.55. The Morgan fingerprint density at radius 3 is 2.00 bits per heavy atom. The van der Waals surface area contributed by atoms with Crippen molar-refractivity contribution in [3.63, 3.8) is 0 Å². The van der Waals surface area contributed by atoms with E-state index in [1.807, 2.05) is 0 Å². The van der Waals surface area contributed by atoms with E-state index in [0.29, 0.717) is 18.1 Å². The second-order valence-corrected chi connectivity index (χ2v) is 4.02. The van der Waals surface area contributed by atoms with Crippen LogP contribution in [0.25, 0.3) is 0 Å². The van der Waals surface area contributed by atoms with E-state index in [2.05, 4.69) is 37.9 Å². The predicted octanol–water partition coefficient (Wildman–Crippen LogP) is 1.08. The zero-order chi connectivity index (χ0) is 8.43. The van der Waals surface area contributed by atoms with Crippen LogP contribution in [0.2, 0.25) is 0 Å². The van der Waals surface area contributed by atoms with Crippen LogP contribution in [0.15, 0.2) is 0 Å². The van der Waals surface area contributed by atoms with E-state index in [0.717, 1.165) is 0 Å². The molecule has 11 heavy (non-hydrogen) atoms. The average molecular weight is 156 g/mol. The first kappa shape index (κ1) is 9.01. The Labute approximate surface area is 70.0 Å². The van der Waals surface area contributed by atoms with Gasteiger partial charge in [-0.15, -0.1) is 0 Å². The minimum Gasteiger partial charge on any atom is -0.309 e. The fourth-order valence-electron chi connectivity index (χ4n) is 1.79. The van der Waals surface area contributed by atoms with Crippen molar-refractivity contribution in [2.75, 3.05) is 13.1 Å². The maximum Gasteiger partial charge on any atom is 0.0169 e. The lowest BCUT2D eigenvalue weighted by Gasteiger charge is -2.38. The van der Waals surface area contributed by atoms with E-state index in [1.54, 1.807) is 0 Å². The third kappa shape index (κ3) is 2.46. The summed E-state index contributed by atoms with van der Waals surface area (Å²) >= 11 is 0. The van der Waals surface area contributed by atoms with Crippen molar-refractivity contribution in [1.29, 1.82) is 0 Å². The van der Waals surface area contributed by atoms with Crippen LogP contribution < -0.4 is 5.32 Å². The first-order valence-electron chi connectivity index (χ1n) is 4.59. The molecule has 1 fully saturated rings. The third-order valence-electron chi connectivity index (χ3n) is 2.32. The van der Waals surface area contributed by atoms with E-state index in [-0.39, 0.29) is 0 Å². The van der Waals surface area contributed by atoms with E-state index in [1.165, 1.54) is 13.1 Å². The molecule has 1 aliphatic heterocycles. The summed E-state index contributed by atoms with van der Waals surface area (Å²) in [5, 5.41) is 3.52. The van der Waals surface area contributed by atoms with Gasteiger partial charge in [0.05, 0.1) is 0 Å². The Hall–Kier alpha value is -0.0800. The molecule has 0 amide bonds. The predicted molar refractivity (Wildman–Crippen MR) is 48.8 cm³/mol. The molecule has 0 saturated carbocycles. The van der Waals surface area contributed by atoms with Gasteiger partial charge in [-0.25, -0.2) is 0 Å². The molecular weight excluding hydrogens is 136 g/mol. The maximum atomic E-state index is 3.52. The molecule has 1 unspecified atom stereocenters. The Morgan fingerprint density at radius 2 is 1.64 bits per heavy atom. The highest BCUT2D eigenvalue weighted by molar-refractivity contribution is 4.82. The molecule has 2 heteroatoms. The normalized spacial score (nSPS) is 34.6. The van der Waals surface area contributed by atoms with E-state index >= 15 is 0 Å². The summed E-state index contributed by atoms with van der Waals surface area (Å²) in [5.41, 5.74) is 0. The highest BCUT2D eigenvalue weighted by Gasteiger charge is 2.21. The van der Waals surface area contributed by atoms with E-state index < -0.39 is 0 Å². The summed E-state index contributed by atoms with van der Waals surface area (Å²) in [5.74, 6) is 0. The number of nitrogens with zero attached hydrogens (tertiary/aromatic N) is 1. The summed E-state index contributed by atoms with van der Waals surface area (Å²) < 4.78 is 0.